The van der Waals surface area contributed by atoms with Crippen molar-refractivity contribution in [1.29, 1.82) is 0 Å². The Hall–Kier alpha value is -2.47. The molecule has 2 heterocycles. The minimum Gasteiger partial charge on any atom is -0.508 e. The first-order valence-electron chi connectivity index (χ1n) is 5.87. The zero-order chi connectivity index (χ0) is 13.4. The Morgan fingerprint density at radius 2 is 2.00 bits per heavy atom. The monoisotopic (exact) mass is 258 g/mol. The van der Waals surface area contributed by atoms with E-state index >= 15 is 0 Å². The van der Waals surface area contributed by atoms with Crippen LogP contribution in [-0.4, -0.2) is 22.1 Å². The normalized spacial score (nSPS) is 14.9. The minimum atomic E-state index is 0.237. The highest BCUT2D eigenvalue weighted by molar-refractivity contribution is 5.88. The maximum absolute atomic E-state index is 9.35. The van der Waals surface area contributed by atoms with Crippen molar-refractivity contribution >= 4 is 11.4 Å². The summed E-state index contributed by atoms with van der Waals surface area (Å²) in [7, 11) is 1.88. The molecule has 0 aliphatic carbocycles. The zero-order valence-electron chi connectivity index (χ0n) is 10.6. The first-order chi connectivity index (χ1) is 9.15. The summed E-state index contributed by atoms with van der Waals surface area (Å²) in [6, 6.07) is 6.96. The van der Waals surface area contributed by atoms with E-state index in [1.54, 1.807) is 25.3 Å². The molecular weight excluding hydrogens is 244 g/mol. The van der Waals surface area contributed by atoms with Gasteiger partial charge < -0.3 is 14.9 Å². The number of nitrogens with one attached hydrogen (secondary N) is 2. The molecule has 6 heteroatoms. The van der Waals surface area contributed by atoms with Gasteiger partial charge in [0.15, 0.2) is 11.7 Å². The Balaban J connectivity index is 2.10. The van der Waals surface area contributed by atoms with Crippen LogP contribution in [0.5, 0.6) is 5.75 Å². The number of aromatic nitrogens is 1. The van der Waals surface area contributed by atoms with Crippen LogP contribution in [0.4, 0.5) is 0 Å². The van der Waals surface area contributed by atoms with Gasteiger partial charge in [-0.1, -0.05) is 0 Å². The zero-order valence-corrected chi connectivity index (χ0v) is 10.6. The van der Waals surface area contributed by atoms with Crippen LogP contribution >= 0.6 is 0 Å². The molecule has 19 heavy (non-hydrogen) atoms. The van der Waals surface area contributed by atoms with Crippen molar-refractivity contribution in [3.8, 4) is 5.75 Å². The van der Waals surface area contributed by atoms with Crippen molar-refractivity contribution in [3.63, 3.8) is 0 Å². The quantitative estimate of drug-likeness (QED) is 0.757. The van der Waals surface area contributed by atoms with Gasteiger partial charge in [-0.25, -0.2) is 4.98 Å². The van der Waals surface area contributed by atoms with E-state index in [9.17, 15) is 5.11 Å². The van der Waals surface area contributed by atoms with Crippen LogP contribution in [0.3, 0.4) is 0 Å². The summed E-state index contributed by atoms with van der Waals surface area (Å²) in [5.74, 6) is 1.54. The van der Waals surface area contributed by atoms with Crippen LogP contribution in [0.25, 0.3) is 11.4 Å². The van der Waals surface area contributed by atoms with Gasteiger partial charge in [0.1, 0.15) is 11.4 Å². The topological polar surface area (TPSA) is 73.6 Å². The van der Waals surface area contributed by atoms with Crippen LogP contribution in [0, 0.1) is 6.92 Å². The fourth-order valence-corrected chi connectivity index (χ4v) is 2.02. The molecule has 6 nitrogen and oxygen atoms in total. The van der Waals surface area contributed by atoms with Crippen LogP contribution in [-0.2, 0) is 0 Å². The summed E-state index contributed by atoms with van der Waals surface area (Å²) in [6.07, 6.45) is 1.69. The summed E-state index contributed by atoms with van der Waals surface area (Å²) >= 11 is 0. The van der Waals surface area contributed by atoms with Gasteiger partial charge in [0.25, 0.3) is 0 Å². The lowest BCUT2D eigenvalue weighted by Crippen LogP contribution is -2.34. The molecular formula is C13H14N4O2. The first kappa shape index (κ1) is 11.6. The van der Waals surface area contributed by atoms with Gasteiger partial charge >= 0.3 is 0 Å². The second kappa shape index (κ2) is 4.33. The third-order valence-corrected chi connectivity index (χ3v) is 2.93. The lowest BCUT2D eigenvalue weighted by molar-refractivity contribution is 0.337. The highest BCUT2D eigenvalue weighted by atomic mass is 16.4. The van der Waals surface area contributed by atoms with E-state index in [0.717, 1.165) is 17.0 Å². The standard InChI is InChI=1S/C13H14N4O2/c1-8-14-7-11(19-8)13-12(15-16-17(13)2)9-3-5-10(18)6-4-9/h3-7,15-16,18H,1-2H3. The van der Waals surface area contributed by atoms with Crippen LogP contribution in [0.1, 0.15) is 17.2 Å². The summed E-state index contributed by atoms with van der Waals surface area (Å²) < 4.78 is 5.57. The van der Waals surface area contributed by atoms with Gasteiger partial charge in [0, 0.05) is 19.5 Å². The maximum Gasteiger partial charge on any atom is 0.191 e. The van der Waals surface area contributed by atoms with Crippen molar-refractivity contribution < 1.29 is 9.52 Å². The van der Waals surface area contributed by atoms with E-state index in [4.69, 9.17) is 4.42 Å². The summed E-state index contributed by atoms with van der Waals surface area (Å²) in [5.41, 5.74) is 8.77. The molecule has 0 radical (unpaired) electrons. The maximum atomic E-state index is 9.35. The number of nitrogens with zero attached hydrogens (tertiary/aromatic N) is 2. The number of aromatic hydroxyl groups is 1. The molecule has 0 saturated carbocycles. The molecule has 3 N–H and O–H groups in total. The molecule has 0 atom stereocenters. The van der Waals surface area contributed by atoms with Crippen molar-refractivity contribution in [2.45, 2.75) is 6.92 Å². The lowest BCUT2D eigenvalue weighted by atomic mass is 10.1. The average molecular weight is 258 g/mol. The van der Waals surface area contributed by atoms with Gasteiger partial charge in [0.2, 0.25) is 0 Å². The van der Waals surface area contributed by atoms with Crippen molar-refractivity contribution in [3.05, 3.63) is 47.7 Å². The second-order valence-electron chi connectivity index (χ2n) is 4.31. The van der Waals surface area contributed by atoms with E-state index < -0.39 is 0 Å². The number of hydrogen-bond acceptors (Lipinski definition) is 6. The number of benzene rings is 1. The van der Waals surface area contributed by atoms with Gasteiger partial charge in [0.05, 0.1) is 11.9 Å². The summed E-state index contributed by atoms with van der Waals surface area (Å²) in [6.45, 7) is 1.81. The molecule has 0 amide bonds. The van der Waals surface area contributed by atoms with E-state index in [1.165, 1.54) is 0 Å². The van der Waals surface area contributed by atoms with Crippen LogP contribution < -0.4 is 11.0 Å². The molecule has 0 fully saturated rings. The fourth-order valence-electron chi connectivity index (χ4n) is 2.02. The largest absolute Gasteiger partial charge is 0.508 e. The molecule has 0 unspecified atom stereocenters. The number of hydrogen-bond donors (Lipinski definition) is 3. The van der Waals surface area contributed by atoms with Gasteiger partial charge in [-0.05, 0) is 24.3 Å². The number of hydrazine groups is 2. The Bertz CT molecular complexity index is 630. The van der Waals surface area contributed by atoms with Crippen molar-refractivity contribution in [2.24, 2.45) is 0 Å². The number of phenols is 1. The molecule has 0 spiro atoms. The fraction of sp³-hybridized carbons (Fsp3) is 0.154. The molecule has 98 valence electrons. The second-order valence-corrected chi connectivity index (χ2v) is 4.31. The molecule has 3 rings (SSSR count). The number of oxazole rings is 1. The SMILES string of the molecule is Cc1ncc(C2=C(c3ccc(O)cc3)NNN2C)o1. The smallest absolute Gasteiger partial charge is 0.191 e. The van der Waals surface area contributed by atoms with Gasteiger partial charge in [-0.2, -0.15) is 0 Å². The van der Waals surface area contributed by atoms with Crippen LogP contribution in [0.2, 0.25) is 0 Å². The molecule has 2 aromatic rings. The van der Waals surface area contributed by atoms with Gasteiger partial charge in [-0.15, -0.1) is 5.53 Å². The van der Waals surface area contributed by atoms with Gasteiger partial charge in [-0.3, -0.25) is 5.01 Å². The summed E-state index contributed by atoms with van der Waals surface area (Å²) in [4.78, 5) is 4.11. The molecule has 1 aliphatic rings. The number of aryl methyl sites for hydroxylation is 1. The van der Waals surface area contributed by atoms with E-state index in [-0.39, 0.29) is 5.75 Å². The average Bonchev–Trinajstić information content (AvgIpc) is 2.96. The highest BCUT2D eigenvalue weighted by Crippen LogP contribution is 2.29. The van der Waals surface area contributed by atoms with Crippen molar-refractivity contribution in [2.75, 3.05) is 7.05 Å². The number of rotatable bonds is 2. The predicted octanol–water partition coefficient (Wildman–Crippen LogP) is 1.47. The van der Waals surface area contributed by atoms with E-state index in [0.29, 0.717) is 11.7 Å². The Morgan fingerprint density at radius 3 is 2.63 bits per heavy atom. The van der Waals surface area contributed by atoms with Crippen LogP contribution in [0.15, 0.2) is 34.9 Å². The molecule has 1 aromatic carbocycles. The third-order valence-electron chi connectivity index (χ3n) is 2.93. The molecule has 1 aromatic heterocycles. The van der Waals surface area contributed by atoms with E-state index in [2.05, 4.69) is 15.9 Å². The molecule has 0 saturated heterocycles. The van der Waals surface area contributed by atoms with Crippen molar-refractivity contribution in [1.82, 2.24) is 21.0 Å². The van der Waals surface area contributed by atoms with E-state index in [1.807, 2.05) is 24.2 Å². The Labute approximate surface area is 110 Å². The molecule has 1 aliphatic heterocycles. The minimum absolute atomic E-state index is 0.237. The predicted molar refractivity (Wildman–Crippen MR) is 70.2 cm³/mol. The Kier molecular flexibility index (Phi) is 2.64. The first-order valence-corrected chi connectivity index (χ1v) is 5.87. The number of phenolic OH excluding ortho intramolecular Hbond substituents is 1. The summed E-state index contributed by atoms with van der Waals surface area (Å²) in [5, 5.41) is 11.2. The third kappa shape index (κ3) is 2.02. The Morgan fingerprint density at radius 1 is 1.26 bits per heavy atom. The molecule has 0 bridgehead atoms. The lowest BCUT2D eigenvalue weighted by Gasteiger charge is -2.11. The highest BCUT2D eigenvalue weighted by Gasteiger charge is 2.24.